The van der Waals surface area contributed by atoms with Crippen molar-refractivity contribution >= 4 is 5.96 Å². The van der Waals surface area contributed by atoms with Crippen LogP contribution in [0, 0.1) is 0 Å². The van der Waals surface area contributed by atoms with E-state index in [4.69, 9.17) is 14.5 Å². The summed E-state index contributed by atoms with van der Waals surface area (Å²) in [5.74, 6) is 1.80. The number of piperidine rings is 1. The molecule has 1 atom stereocenters. The highest BCUT2D eigenvalue weighted by atomic mass is 16.5. The first kappa shape index (κ1) is 24.8. The summed E-state index contributed by atoms with van der Waals surface area (Å²) in [6.07, 6.45) is 5.92. The molecule has 1 aromatic carbocycles. The summed E-state index contributed by atoms with van der Waals surface area (Å²) in [5, 5.41) is 7.11. The van der Waals surface area contributed by atoms with Crippen molar-refractivity contribution in [3.8, 4) is 5.75 Å². The fourth-order valence-electron chi connectivity index (χ4n) is 4.77. The van der Waals surface area contributed by atoms with Crippen LogP contribution >= 0.6 is 0 Å². The van der Waals surface area contributed by atoms with Gasteiger partial charge in [-0.1, -0.05) is 18.6 Å². The average Bonchev–Trinajstić information content (AvgIpc) is 2.84. The SMILES string of the molecule is CCNC(=NCC1(N(C)C)CCOCC1)NCC(c1ccc(OC)cc1)N1CCCCC1. The van der Waals surface area contributed by atoms with E-state index in [0.29, 0.717) is 6.04 Å². The molecule has 2 aliphatic rings. The monoisotopic (exact) mass is 445 g/mol. The Balaban J connectivity index is 1.72. The minimum atomic E-state index is 0.0723. The first-order valence-electron chi connectivity index (χ1n) is 12.2. The van der Waals surface area contributed by atoms with Crippen LogP contribution in [0.1, 0.15) is 50.6 Å². The number of aliphatic imine (C=N–C) groups is 1. The van der Waals surface area contributed by atoms with Crippen molar-refractivity contribution < 1.29 is 9.47 Å². The van der Waals surface area contributed by atoms with Crippen LogP contribution in [-0.4, -0.2) is 88.4 Å². The topological polar surface area (TPSA) is 61.4 Å². The van der Waals surface area contributed by atoms with Crippen molar-refractivity contribution in [2.45, 2.75) is 50.6 Å². The van der Waals surface area contributed by atoms with Crippen LogP contribution < -0.4 is 15.4 Å². The second-order valence-corrected chi connectivity index (χ2v) is 9.19. The van der Waals surface area contributed by atoms with Gasteiger partial charge in [0.2, 0.25) is 0 Å². The third kappa shape index (κ3) is 6.59. The number of nitrogens with zero attached hydrogens (tertiary/aromatic N) is 3. The minimum Gasteiger partial charge on any atom is -0.497 e. The molecule has 7 heteroatoms. The second kappa shape index (κ2) is 12.4. The molecule has 0 aliphatic carbocycles. The van der Waals surface area contributed by atoms with Crippen LogP contribution in [-0.2, 0) is 4.74 Å². The van der Waals surface area contributed by atoms with Gasteiger partial charge < -0.3 is 25.0 Å². The summed E-state index contributed by atoms with van der Waals surface area (Å²) >= 11 is 0. The second-order valence-electron chi connectivity index (χ2n) is 9.19. The highest BCUT2D eigenvalue weighted by molar-refractivity contribution is 5.79. The van der Waals surface area contributed by atoms with Crippen LogP contribution in [0.4, 0.5) is 0 Å². The standard InChI is InChI=1S/C25H43N5O2/c1-5-26-24(28-20-25(29(2)3)13-17-32-18-14-25)27-19-23(30-15-7-6-8-16-30)21-9-11-22(31-4)12-10-21/h9-12,23H,5-8,13-20H2,1-4H3,(H2,26,27,28). The van der Waals surface area contributed by atoms with Gasteiger partial charge >= 0.3 is 0 Å². The van der Waals surface area contributed by atoms with E-state index in [-0.39, 0.29) is 5.54 Å². The summed E-state index contributed by atoms with van der Waals surface area (Å²) in [4.78, 5) is 9.97. The van der Waals surface area contributed by atoms with Crippen molar-refractivity contribution in [1.82, 2.24) is 20.4 Å². The first-order chi connectivity index (χ1) is 15.6. The number of methoxy groups -OCH3 is 1. The summed E-state index contributed by atoms with van der Waals surface area (Å²) in [6, 6.07) is 8.85. The number of likely N-dealkylation sites (N-methyl/N-ethyl adjacent to an activating group) is 1. The van der Waals surface area contributed by atoms with E-state index in [1.165, 1.54) is 24.8 Å². The molecule has 0 saturated carbocycles. The van der Waals surface area contributed by atoms with Gasteiger partial charge in [0.05, 0.1) is 19.7 Å². The maximum absolute atomic E-state index is 5.62. The minimum absolute atomic E-state index is 0.0723. The number of hydrogen-bond acceptors (Lipinski definition) is 5. The quantitative estimate of drug-likeness (QED) is 0.450. The summed E-state index contributed by atoms with van der Waals surface area (Å²) in [7, 11) is 6.05. The lowest BCUT2D eigenvalue weighted by molar-refractivity contribution is -0.00255. The normalized spacial score (nSPS) is 20.7. The predicted molar refractivity (Wildman–Crippen MR) is 132 cm³/mol. The van der Waals surface area contributed by atoms with Crippen LogP contribution in [0.25, 0.3) is 0 Å². The van der Waals surface area contributed by atoms with Crippen LogP contribution in [0.2, 0.25) is 0 Å². The zero-order valence-corrected chi connectivity index (χ0v) is 20.5. The highest BCUT2D eigenvalue weighted by Crippen LogP contribution is 2.27. The van der Waals surface area contributed by atoms with E-state index in [2.05, 4.69) is 65.7 Å². The number of rotatable bonds is 9. The molecular weight excluding hydrogens is 402 g/mol. The van der Waals surface area contributed by atoms with E-state index in [1.54, 1.807) is 7.11 Å². The molecular formula is C25H43N5O2. The zero-order valence-electron chi connectivity index (χ0n) is 20.5. The zero-order chi connectivity index (χ0) is 22.8. The molecule has 0 bridgehead atoms. The van der Waals surface area contributed by atoms with Crippen LogP contribution in [0.15, 0.2) is 29.3 Å². The Labute approximate surface area is 194 Å². The molecule has 0 radical (unpaired) electrons. The molecule has 2 saturated heterocycles. The largest absolute Gasteiger partial charge is 0.497 e. The molecule has 1 unspecified atom stereocenters. The molecule has 0 spiro atoms. The predicted octanol–water partition coefficient (Wildman–Crippen LogP) is 2.89. The number of nitrogens with one attached hydrogen (secondary N) is 2. The van der Waals surface area contributed by atoms with Gasteiger partial charge in [-0.05, 0) is 77.5 Å². The fourth-order valence-corrected chi connectivity index (χ4v) is 4.77. The Morgan fingerprint density at radius 1 is 1.12 bits per heavy atom. The van der Waals surface area contributed by atoms with E-state index < -0.39 is 0 Å². The van der Waals surface area contributed by atoms with Crippen LogP contribution in [0.3, 0.4) is 0 Å². The van der Waals surface area contributed by atoms with E-state index >= 15 is 0 Å². The lowest BCUT2D eigenvalue weighted by atomic mass is 9.89. The van der Waals surface area contributed by atoms with Gasteiger partial charge in [0.1, 0.15) is 5.75 Å². The van der Waals surface area contributed by atoms with Crippen molar-refractivity contribution in [2.24, 2.45) is 4.99 Å². The van der Waals surface area contributed by atoms with Gasteiger partial charge in [-0.25, -0.2) is 0 Å². The average molecular weight is 446 g/mol. The van der Waals surface area contributed by atoms with Gasteiger partial charge in [0.25, 0.3) is 0 Å². The van der Waals surface area contributed by atoms with Gasteiger partial charge in [-0.2, -0.15) is 0 Å². The van der Waals surface area contributed by atoms with Gasteiger partial charge in [0, 0.05) is 31.8 Å². The number of likely N-dealkylation sites (tertiary alicyclic amines) is 1. The summed E-state index contributed by atoms with van der Waals surface area (Å²) < 4.78 is 11.0. The Kier molecular flexibility index (Phi) is 9.63. The number of benzene rings is 1. The number of ether oxygens (including phenoxy) is 2. The first-order valence-corrected chi connectivity index (χ1v) is 12.2. The summed E-state index contributed by atoms with van der Waals surface area (Å²) in [6.45, 7) is 8.50. The van der Waals surface area contributed by atoms with E-state index in [0.717, 1.165) is 70.5 Å². The van der Waals surface area contributed by atoms with Crippen molar-refractivity contribution in [1.29, 1.82) is 0 Å². The third-order valence-corrected chi connectivity index (χ3v) is 7.04. The molecule has 0 amide bonds. The van der Waals surface area contributed by atoms with Crippen LogP contribution in [0.5, 0.6) is 5.75 Å². The molecule has 2 aliphatic heterocycles. The Bertz CT molecular complexity index is 695. The molecule has 2 N–H and O–H groups in total. The Hall–Kier alpha value is -1.83. The van der Waals surface area contributed by atoms with Gasteiger partial charge in [-0.15, -0.1) is 0 Å². The maximum atomic E-state index is 5.62. The Morgan fingerprint density at radius 2 is 1.81 bits per heavy atom. The molecule has 0 aromatic heterocycles. The fraction of sp³-hybridized carbons (Fsp3) is 0.720. The smallest absolute Gasteiger partial charge is 0.191 e. The molecule has 1 aromatic rings. The Morgan fingerprint density at radius 3 is 2.41 bits per heavy atom. The molecule has 2 fully saturated rings. The van der Waals surface area contributed by atoms with Crippen molar-refractivity contribution in [3.05, 3.63) is 29.8 Å². The highest BCUT2D eigenvalue weighted by Gasteiger charge is 2.34. The van der Waals surface area contributed by atoms with Crippen molar-refractivity contribution in [3.63, 3.8) is 0 Å². The lowest BCUT2D eigenvalue weighted by Gasteiger charge is -2.41. The number of guanidine groups is 1. The molecule has 2 heterocycles. The number of hydrogen-bond donors (Lipinski definition) is 2. The third-order valence-electron chi connectivity index (χ3n) is 7.04. The van der Waals surface area contributed by atoms with Gasteiger partial charge in [0.15, 0.2) is 5.96 Å². The molecule has 3 rings (SSSR count). The van der Waals surface area contributed by atoms with E-state index in [9.17, 15) is 0 Å². The molecule has 180 valence electrons. The van der Waals surface area contributed by atoms with Gasteiger partial charge in [-0.3, -0.25) is 9.89 Å². The summed E-state index contributed by atoms with van der Waals surface area (Å²) in [5.41, 5.74) is 1.40. The maximum Gasteiger partial charge on any atom is 0.191 e. The molecule has 7 nitrogen and oxygen atoms in total. The molecule has 32 heavy (non-hydrogen) atoms. The van der Waals surface area contributed by atoms with E-state index in [1.807, 2.05) is 0 Å². The lowest BCUT2D eigenvalue weighted by Crippen LogP contribution is -2.52. The van der Waals surface area contributed by atoms with Crippen molar-refractivity contribution in [2.75, 3.05) is 67.1 Å².